The fraction of sp³-hybridized carbons (Fsp3) is 0.211. The molecule has 3 N–H and O–H groups in total. The minimum atomic E-state index is -1.13. The maximum absolute atomic E-state index is 12.6. The Morgan fingerprint density at radius 1 is 1.19 bits per heavy atom. The second kappa shape index (κ2) is 10.2. The molecule has 0 spiro atoms. The van der Waals surface area contributed by atoms with Gasteiger partial charge in [0.15, 0.2) is 5.76 Å². The van der Waals surface area contributed by atoms with Crippen LogP contribution in [0.15, 0.2) is 58.8 Å². The number of rotatable bonds is 9. The van der Waals surface area contributed by atoms with Crippen molar-refractivity contribution in [1.29, 1.82) is 0 Å². The zero-order valence-corrected chi connectivity index (χ0v) is 15.5. The van der Waals surface area contributed by atoms with Crippen LogP contribution < -0.4 is 10.6 Å². The second-order valence-electron chi connectivity index (χ2n) is 5.55. The Balaban J connectivity index is 2.22. The molecule has 8 heteroatoms. The van der Waals surface area contributed by atoms with E-state index in [1.165, 1.54) is 30.2 Å². The van der Waals surface area contributed by atoms with Crippen molar-refractivity contribution < 1.29 is 23.9 Å². The molecule has 142 valence electrons. The maximum atomic E-state index is 12.6. The molecule has 1 aromatic carbocycles. The predicted octanol–water partition coefficient (Wildman–Crippen LogP) is 2.37. The quantitative estimate of drug-likeness (QED) is 0.569. The molecule has 1 atom stereocenters. The number of aliphatic carboxylic acids is 1. The molecule has 7 nitrogen and oxygen atoms in total. The molecular weight excluding hydrogens is 368 g/mol. The van der Waals surface area contributed by atoms with Crippen LogP contribution in [0.4, 0.5) is 0 Å². The third-order valence-electron chi connectivity index (χ3n) is 3.56. The van der Waals surface area contributed by atoms with E-state index in [-0.39, 0.29) is 17.9 Å². The van der Waals surface area contributed by atoms with Gasteiger partial charge in [0.2, 0.25) is 0 Å². The summed E-state index contributed by atoms with van der Waals surface area (Å²) in [6.45, 7) is 0. The number of carboxylic acid groups (broad SMARTS) is 1. The van der Waals surface area contributed by atoms with Gasteiger partial charge < -0.3 is 20.2 Å². The number of carbonyl (C=O) groups is 3. The lowest BCUT2D eigenvalue weighted by Gasteiger charge is -2.16. The SMILES string of the molecule is CSCCC(NC(=O)C(=Cc1ccccc1)NC(=O)c1ccco1)C(=O)O. The van der Waals surface area contributed by atoms with E-state index in [9.17, 15) is 19.5 Å². The van der Waals surface area contributed by atoms with Crippen LogP contribution in [0, 0.1) is 0 Å². The normalized spacial score (nSPS) is 12.3. The van der Waals surface area contributed by atoms with Crippen molar-refractivity contribution >= 4 is 35.6 Å². The summed E-state index contributed by atoms with van der Waals surface area (Å²) in [6, 6.07) is 10.9. The van der Waals surface area contributed by atoms with Crippen LogP contribution in [0.2, 0.25) is 0 Å². The highest BCUT2D eigenvalue weighted by atomic mass is 32.2. The van der Waals surface area contributed by atoms with E-state index in [4.69, 9.17) is 4.42 Å². The molecule has 2 aromatic rings. The Hall–Kier alpha value is -3.00. The van der Waals surface area contributed by atoms with E-state index in [0.29, 0.717) is 11.3 Å². The Morgan fingerprint density at radius 2 is 1.93 bits per heavy atom. The topological polar surface area (TPSA) is 109 Å². The second-order valence-corrected chi connectivity index (χ2v) is 6.53. The summed E-state index contributed by atoms with van der Waals surface area (Å²) in [7, 11) is 0. The predicted molar refractivity (Wildman–Crippen MR) is 103 cm³/mol. The molecule has 0 bridgehead atoms. The number of benzene rings is 1. The molecule has 1 unspecified atom stereocenters. The first-order valence-corrected chi connectivity index (χ1v) is 9.55. The number of thioether (sulfide) groups is 1. The van der Waals surface area contributed by atoms with Gasteiger partial charge in [0.05, 0.1) is 6.26 Å². The summed E-state index contributed by atoms with van der Waals surface area (Å²) in [4.78, 5) is 36.3. The highest BCUT2D eigenvalue weighted by Gasteiger charge is 2.23. The van der Waals surface area contributed by atoms with Crippen LogP contribution >= 0.6 is 11.8 Å². The Morgan fingerprint density at radius 3 is 2.52 bits per heavy atom. The van der Waals surface area contributed by atoms with Gasteiger partial charge in [0, 0.05) is 0 Å². The lowest BCUT2D eigenvalue weighted by molar-refractivity contribution is -0.141. The molecule has 0 aliphatic heterocycles. The van der Waals surface area contributed by atoms with Gasteiger partial charge in [-0.05, 0) is 42.2 Å². The molecule has 0 saturated carbocycles. The summed E-state index contributed by atoms with van der Waals surface area (Å²) in [5.41, 5.74) is 0.608. The highest BCUT2D eigenvalue weighted by molar-refractivity contribution is 7.98. The Bertz CT molecular complexity index is 803. The van der Waals surface area contributed by atoms with Crippen LogP contribution in [0.3, 0.4) is 0 Å². The number of nitrogens with one attached hydrogen (secondary N) is 2. The number of hydrogen-bond acceptors (Lipinski definition) is 5. The highest BCUT2D eigenvalue weighted by Crippen LogP contribution is 2.09. The van der Waals surface area contributed by atoms with Crippen molar-refractivity contribution in [2.75, 3.05) is 12.0 Å². The smallest absolute Gasteiger partial charge is 0.326 e. The van der Waals surface area contributed by atoms with Crippen molar-refractivity contribution in [2.45, 2.75) is 12.5 Å². The molecule has 0 saturated heterocycles. The van der Waals surface area contributed by atoms with E-state index in [0.717, 1.165) is 0 Å². The number of amides is 2. The molecular formula is C19H20N2O5S. The van der Waals surface area contributed by atoms with E-state index in [2.05, 4.69) is 10.6 Å². The van der Waals surface area contributed by atoms with Crippen LogP contribution in [-0.4, -0.2) is 40.9 Å². The number of furan rings is 1. The number of carboxylic acids is 1. The van der Waals surface area contributed by atoms with Crippen LogP contribution in [-0.2, 0) is 9.59 Å². The summed E-state index contributed by atoms with van der Waals surface area (Å²) >= 11 is 1.48. The fourth-order valence-corrected chi connectivity index (χ4v) is 2.67. The molecule has 0 radical (unpaired) electrons. The van der Waals surface area contributed by atoms with E-state index >= 15 is 0 Å². The minimum absolute atomic E-state index is 0.0407. The minimum Gasteiger partial charge on any atom is -0.480 e. The molecule has 0 fully saturated rings. The lowest BCUT2D eigenvalue weighted by atomic mass is 10.1. The van der Waals surface area contributed by atoms with Crippen LogP contribution in [0.5, 0.6) is 0 Å². The maximum Gasteiger partial charge on any atom is 0.326 e. The monoisotopic (exact) mass is 388 g/mol. The zero-order chi connectivity index (χ0) is 19.6. The summed E-state index contributed by atoms with van der Waals surface area (Å²) in [6.07, 6.45) is 4.94. The zero-order valence-electron chi connectivity index (χ0n) is 14.7. The average molecular weight is 388 g/mol. The molecule has 0 aliphatic carbocycles. The number of hydrogen-bond donors (Lipinski definition) is 3. The van der Waals surface area contributed by atoms with Crippen molar-refractivity contribution in [3.05, 3.63) is 65.7 Å². The molecule has 0 aliphatic rings. The van der Waals surface area contributed by atoms with Crippen molar-refractivity contribution in [1.82, 2.24) is 10.6 Å². The lowest BCUT2D eigenvalue weighted by Crippen LogP contribution is -2.44. The van der Waals surface area contributed by atoms with E-state index in [1.807, 2.05) is 12.3 Å². The summed E-state index contributed by atoms with van der Waals surface area (Å²) in [5, 5.41) is 14.2. The van der Waals surface area contributed by atoms with Crippen molar-refractivity contribution in [3.63, 3.8) is 0 Å². The van der Waals surface area contributed by atoms with Crippen LogP contribution in [0.1, 0.15) is 22.5 Å². The van der Waals surface area contributed by atoms with Gasteiger partial charge in [-0.2, -0.15) is 11.8 Å². The standard InChI is InChI=1S/C19H20N2O5S/c1-27-11-9-14(19(24)25)20-17(22)15(12-13-6-3-2-4-7-13)21-18(23)16-8-5-10-26-16/h2-8,10,12,14H,9,11H2,1H3,(H,20,22)(H,21,23)(H,24,25). The van der Waals surface area contributed by atoms with Crippen LogP contribution in [0.25, 0.3) is 6.08 Å². The van der Waals surface area contributed by atoms with Gasteiger partial charge in [-0.3, -0.25) is 9.59 Å². The van der Waals surface area contributed by atoms with Gasteiger partial charge in [-0.1, -0.05) is 30.3 Å². The summed E-state index contributed by atoms with van der Waals surface area (Å²) in [5.74, 6) is -1.80. The first kappa shape index (κ1) is 20.3. The van der Waals surface area contributed by atoms with Gasteiger partial charge >= 0.3 is 5.97 Å². The Labute approximate surface area is 160 Å². The molecule has 2 amide bonds. The Kier molecular flexibility index (Phi) is 7.69. The van der Waals surface area contributed by atoms with Crippen molar-refractivity contribution in [2.24, 2.45) is 0 Å². The van der Waals surface area contributed by atoms with Gasteiger partial charge in [-0.15, -0.1) is 0 Å². The molecule has 1 aromatic heterocycles. The third kappa shape index (κ3) is 6.34. The van der Waals surface area contributed by atoms with Gasteiger partial charge in [0.25, 0.3) is 11.8 Å². The van der Waals surface area contributed by atoms with E-state index in [1.54, 1.807) is 30.3 Å². The first-order valence-electron chi connectivity index (χ1n) is 8.15. The van der Waals surface area contributed by atoms with Crippen molar-refractivity contribution in [3.8, 4) is 0 Å². The third-order valence-corrected chi connectivity index (χ3v) is 4.21. The number of carbonyl (C=O) groups excluding carboxylic acids is 2. The molecule has 2 rings (SSSR count). The first-order chi connectivity index (χ1) is 13.0. The van der Waals surface area contributed by atoms with Gasteiger partial charge in [-0.25, -0.2) is 4.79 Å². The largest absolute Gasteiger partial charge is 0.480 e. The summed E-state index contributed by atoms with van der Waals surface area (Å²) < 4.78 is 5.03. The van der Waals surface area contributed by atoms with Gasteiger partial charge in [0.1, 0.15) is 11.7 Å². The fourth-order valence-electron chi connectivity index (χ4n) is 2.20. The van der Waals surface area contributed by atoms with E-state index < -0.39 is 23.8 Å². The molecule has 27 heavy (non-hydrogen) atoms. The molecule has 1 heterocycles. The average Bonchev–Trinajstić information content (AvgIpc) is 3.20.